The Kier molecular flexibility index (Phi) is 3.72. The number of nitrogens with two attached hydrogens (primary N) is 1. The molecule has 0 amide bonds. The van der Waals surface area contributed by atoms with Gasteiger partial charge in [-0.15, -0.1) is 0 Å². The van der Waals surface area contributed by atoms with Gasteiger partial charge >= 0.3 is 0 Å². The van der Waals surface area contributed by atoms with Crippen LogP contribution in [0.25, 0.3) is 11.3 Å². The summed E-state index contributed by atoms with van der Waals surface area (Å²) in [5.41, 5.74) is 3.32. The molecule has 1 fully saturated rings. The molecule has 3 atom stereocenters. The Bertz CT molecular complexity index is 864. The Morgan fingerprint density at radius 3 is 2.75 bits per heavy atom. The second-order valence-corrected chi connectivity index (χ2v) is 8.02. The molecule has 0 bridgehead atoms. The van der Waals surface area contributed by atoms with Gasteiger partial charge in [0.15, 0.2) is 0 Å². The van der Waals surface area contributed by atoms with Crippen LogP contribution >= 0.6 is 0 Å². The number of aliphatic hydroxyl groups is 1. The molecule has 2 aliphatic heterocycles. The number of benzene rings is 1. The van der Waals surface area contributed by atoms with E-state index in [4.69, 9.17) is 5.14 Å². The third-order valence-electron chi connectivity index (χ3n) is 5.17. The third-order valence-corrected chi connectivity index (χ3v) is 6.25. The van der Waals surface area contributed by atoms with E-state index in [1.54, 1.807) is 6.33 Å². The lowest BCUT2D eigenvalue weighted by atomic mass is 9.85. The standard InChI is InChI=1S/C16H20N4O3S/c17-24(22,23)19-7-5-13(15(21)6-8-19)16-12-4-2-1-3-11(12)14-9-18-10-20(14)16/h1-4,9-10,13,15-16,21H,5-8H2,(H2,17,22,23)/t13-,15-,16?/m1/s1. The summed E-state index contributed by atoms with van der Waals surface area (Å²) in [5.74, 6) is -0.0895. The van der Waals surface area contributed by atoms with Gasteiger partial charge in [-0.2, -0.15) is 12.7 Å². The maximum Gasteiger partial charge on any atom is 0.276 e. The fourth-order valence-corrected chi connectivity index (χ4v) is 4.74. The van der Waals surface area contributed by atoms with E-state index in [0.29, 0.717) is 19.4 Å². The first kappa shape index (κ1) is 15.8. The fourth-order valence-electron chi connectivity index (χ4n) is 4.02. The minimum Gasteiger partial charge on any atom is -0.393 e. The van der Waals surface area contributed by atoms with Crippen LogP contribution in [0.4, 0.5) is 0 Å². The Morgan fingerprint density at radius 1 is 1.21 bits per heavy atom. The van der Waals surface area contributed by atoms with E-state index in [-0.39, 0.29) is 18.5 Å². The molecule has 3 heterocycles. The van der Waals surface area contributed by atoms with Crippen molar-refractivity contribution in [2.75, 3.05) is 13.1 Å². The minimum absolute atomic E-state index is 0.0332. The zero-order valence-electron chi connectivity index (χ0n) is 13.1. The summed E-state index contributed by atoms with van der Waals surface area (Å²) in [5, 5.41) is 15.9. The van der Waals surface area contributed by atoms with Crippen molar-refractivity contribution in [2.45, 2.75) is 25.0 Å². The number of rotatable bonds is 2. The summed E-state index contributed by atoms with van der Waals surface area (Å²) in [4.78, 5) is 4.25. The molecule has 8 heteroatoms. The van der Waals surface area contributed by atoms with Gasteiger partial charge in [-0.25, -0.2) is 10.1 Å². The van der Waals surface area contributed by atoms with E-state index < -0.39 is 16.3 Å². The molecule has 2 aromatic rings. The number of nitrogens with zero attached hydrogens (tertiary/aromatic N) is 3. The lowest BCUT2D eigenvalue weighted by Gasteiger charge is -2.28. The molecule has 1 saturated heterocycles. The number of hydrogen-bond acceptors (Lipinski definition) is 4. The molecule has 1 unspecified atom stereocenters. The highest BCUT2D eigenvalue weighted by Gasteiger charge is 2.39. The molecule has 0 saturated carbocycles. The van der Waals surface area contributed by atoms with Gasteiger partial charge in [0.1, 0.15) is 0 Å². The maximum atomic E-state index is 11.6. The molecule has 24 heavy (non-hydrogen) atoms. The summed E-state index contributed by atoms with van der Waals surface area (Å²) in [7, 11) is -3.73. The topological polar surface area (TPSA) is 101 Å². The van der Waals surface area contributed by atoms with Crippen LogP contribution in [0.3, 0.4) is 0 Å². The summed E-state index contributed by atoms with van der Waals surface area (Å²) in [6.45, 7) is 0.574. The molecule has 3 N–H and O–H groups in total. The van der Waals surface area contributed by atoms with Crippen LogP contribution in [0.15, 0.2) is 36.8 Å². The van der Waals surface area contributed by atoms with Crippen molar-refractivity contribution in [3.8, 4) is 11.3 Å². The average molecular weight is 348 g/mol. The van der Waals surface area contributed by atoms with Crippen molar-refractivity contribution in [2.24, 2.45) is 11.1 Å². The van der Waals surface area contributed by atoms with Crippen LogP contribution in [0.2, 0.25) is 0 Å². The third kappa shape index (κ3) is 2.46. The van der Waals surface area contributed by atoms with Crippen molar-refractivity contribution < 1.29 is 13.5 Å². The largest absolute Gasteiger partial charge is 0.393 e. The number of fused-ring (bicyclic) bond motifs is 3. The highest BCUT2D eigenvalue weighted by atomic mass is 32.2. The van der Waals surface area contributed by atoms with Crippen LogP contribution < -0.4 is 5.14 Å². The van der Waals surface area contributed by atoms with Gasteiger partial charge in [0, 0.05) is 24.6 Å². The van der Waals surface area contributed by atoms with E-state index in [9.17, 15) is 13.5 Å². The second-order valence-electron chi connectivity index (χ2n) is 6.47. The summed E-state index contributed by atoms with van der Waals surface area (Å²) in [6.07, 6.45) is 3.95. The maximum absolute atomic E-state index is 11.6. The van der Waals surface area contributed by atoms with Gasteiger partial charge in [0.2, 0.25) is 0 Å². The first-order valence-corrected chi connectivity index (χ1v) is 9.54. The summed E-state index contributed by atoms with van der Waals surface area (Å²) >= 11 is 0. The zero-order valence-corrected chi connectivity index (χ0v) is 13.9. The van der Waals surface area contributed by atoms with E-state index in [2.05, 4.69) is 21.7 Å². The van der Waals surface area contributed by atoms with E-state index in [0.717, 1.165) is 16.8 Å². The highest BCUT2D eigenvalue weighted by molar-refractivity contribution is 7.86. The van der Waals surface area contributed by atoms with E-state index >= 15 is 0 Å². The Morgan fingerprint density at radius 2 is 1.96 bits per heavy atom. The van der Waals surface area contributed by atoms with Gasteiger partial charge < -0.3 is 9.67 Å². The normalized spacial score (nSPS) is 27.5. The lowest BCUT2D eigenvalue weighted by Crippen LogP contribution is -2.37. The first-order chi connectivity index (χ1) is 11.5. The molecule has 0 radical (unpaired) electrons. The Balaban J connectivity index is 1.71. The van der Waals surface area contributed by atoms with Crippen molar-refractivity contribution in [1.29, 1.82) is 0 Å². The van der Waals surface area contributed by atoms with Crippen molar-refractivity contribution in [1.82, 2.24) is 13.9 Å². The van der Waals surface area contributed by atoms with Crippen molar-refractivity contribution in [3.05, 3.63) is 42.4 Å². The smallest absolute Gasteiger partial charge is 0.276 e. The fraction of sp³-hybridized carbons (Fsp3) is 0.438. The highest BCUT2D eigenvalue weighted by Crippen LogP contribution is 2.45. The molecule has 7 nitrogen and oxygen atoms in total. The molecule has 1 aromatic carbocycles. The van der Waals surface area contributed by atoms with Gasteiger partial charge in [0.25, 0.3) is 10.2 Å². The van der Waals surface area contributed by atoms with Crippen LogP contribution in [0.5, 0.6) is 0 Å². The summed E-state index contributed by atoms with van der Waals surface area (Å²) < 4.78 is 26.6. The number of imidazole rings is 1. The van der Waals surface area contributed by atoms with Gasteiger partial charge in [-0.05, 0) is 18.4 Å². The molecule has 0 spiro atoms. The average Bonchev–Trinajstić information content (AvgIpc) is 3.05. The van der Waals surface area contributed by atoms with Crippen molar-refractivity contribution in [3.63, 3.8) is 0 Å². The monoisotopic (exact) mass is 348 g/mol. The quantitative estimate of drug-likeness (QED) is 0.835. The predicted octanol–water partition coefficient (Wildman–Crippen LogP) is 0.729. The number of aliphatic hydroxyl groups excluding tert-OH is 1. The van der Waals surface area contributed by atoms with Gasteiger partial charge in [-0.3, -0.25) is 0 Å². The van der Waals surface area contributed by atoms with Crippen LogP contribution in [-0.2, 0) is 10.2 Å². The van der Waals surface area contributed by atoms with Crippen molar-refractivity contribution >= 4 is 10.2 Å². The van der Waals surface area contributed by atoms with E-state index in [1.165, 1.54) is 4.31 Å². The molecular weight excluding hydrogens is 328 g/mol. The number of aromatic nitrogens is 2. The second kappa shape index (κ2) is 5.66. The molecule has 128 valence electrons. The molecule has 4 rings (SSSR count). The molecular formula is C16H20N4O3S. The first-order valence-electron chi connectivity index (χ1n) is 8.04. The number of hydrogen-bond donors (Lipinski definition) is 2. The molecule has 2 aliphatic rings. The van der Waals surface area contributed by atoms with Gasteiger partial charge in [0.05, 0.1) is 30.4 Å². The molecule has 1 aromatic heterocycles. The predicted molar refractivity (Wildman–Crippen MR) is 89.2 cm³/mol. The SMILES string of the molecule is NS(=O)(=O)N1CC[C@@H](O)[C@H](C2c3ccccc3-c3cncn32)CC1. The Labute approximate surface area is 140 Å². The zero-order chi connectivity index (χ0) is 16.9. The lowest BCUT2D eigenvalue weighted by molar-refractivity contribution is 0.0836. The van der Waals surface area contributed by atoms with Gasteiger partial charge in [-0.1, -0.05) is 24.3 Å². The van der Waals surface area contributed by atoms with Crippen LogP contribution in [-0.4, -0.2) is 46.6 Å². The Hall–Kier alpha value is -1.74. The van der Waals surface area contributed by atoms with Crippen LogP contribution in [0, 0.1) is 5.92 Å². The minimum atomic E-state index is -3.73. The van der Waals surface area contributed by atoms with Crippen LogP contribution in [0.1, 0.15) is 24.4 Å². The molecule has 0 aliphatic carbocycles. The van der Waals surface area contributed by atoms with E-state index in [1.807, 2.05) is 18.3 Å². The summed E-state index contributed by atoms with van der Waals surface area (Å²) in [6, 6.07) is 8.08.